The van der Waals surface area contributed by atoms with Gasteiger partial charge in [0.1, 0.15) is 12.4 Å². The second kappa shape index (κ2) is 7.88. The molecule has 2 aliphatic rings. The number of rotatable bonds is 6. The van der Waals surface area contributed by atoms with E-state index in [0.29, 0.717) is 11.6 Å². The number of likely N-dealkylation sites (tertiary alicyclic amines) is 1. The molecule has 162 valence electrons. The van der Waals surface area contributed by atoms with Crippen LogP contribution < -0.4 is 5.76 Å². The molecule has 1 aromatic carbocycles. The van der Waals surface area contributed by atoms with Crippen LogP contribution in [0.5, 0.6) is 0 Å². The van der Waals surface area contributed by atoms with Crippen molar-refractivity contribution in [3.05, 3.63) is 46.8 Å². The normalized spacial score (nSPS) is 23.9. The van der Waals surface area contributed by atoms with Crippen LogP contribution in [-0.2, 0) is 14.2 Å². The Bertz CT molecular complexity index is 948. The fraction of sp³-hybridized carbons (Fsp3) is 0.571. The van der Waals surface area contributed by atoms with Gasteiger partial charge in [0.05, 0.1) is 11.7 Å². The van der Waals surface area contributed by atoms with Gasteiger partial charge in [0.2, 0.25) is 5.89 Å². The molecule has 0 radical (unpaired) electrons. The Morgan fingerprint density at radius 2 is 2.00 bits per heavy atom. The lowest BCUT2D eigenvalue weighted by molar-refractivity contribution is -0.108. The van der Waals surface area contributed by atoms with Gasteiger partial charge >= 0.3 is 11.8 Å². The Hall–Kier alpha value is -2.65. The number of hydrogen-bond donors (Lipinski definition) is 0. The molecule has 1 saturated carbocycles. The van der Waals surface area contributed by atoms with Crippen molar-refractivity contribution < 1.29 is 23.4 Å². The average Bonchev–Trinajstić information content (AvgIpc) is 3.17. The van der Waals surface area contributed by atoms with E-state index >= 15 is 0 Å². The number of para-hydroxylation sites is 1. The van der Waals surface area contributed by atoms with Gasteiger partial charge in [-0.25, -0.2) is 9.59 Å². The van der Waals surface area contributed by atoms with Crippen LogP contribution in [0, 0.1) is 5.92 Å². The number of methoxy groups -OCH3 is 1. The highest BCUT2D eigenvalue weighted by molar-refractivity contribution is 5.70. The first-order valence-electron chi connectivity index (χ1n) is 10.1. The maximum Gasteiger partial charge on any atom is 0.442 e. The number of benzene rings is 1. The molecule has 2 heterocycles. The van der Waals surface area contributed by atoms with Crippen molar-refractivity contribution in [2.24, 2.45) is 5.92 Å². The Kier molecular flexibility index (Phi) is 5.42. The Morgan fingerprint density at radius 3 is 2.67 bits per heavy atom. The zero-order chi connectivity index (χ0) is 21.5. The second-order valence-electron chi connectivity index (χ2n) is 8.70. The van der Waals surface area contributed by atoms with E-state index in [1.165, 1.54) is 11.8 Å². The molecule has 1 unspecified atom stereocenters. The predicted molar refractivity (Wildman–Crippen MR) is 106 cm³/mol. The molecular weight excluding hydrogens is 390 g/mol. The molecule has 1 saturated heterocycles. The van der Waals surface area contributed by atoms with Gasteiger partial charge in [-0.3, -0.25) is 4.90 Å². The van der Waals surface area contributed by atoms with Gasteiger partial charge < -0.3 is 18.6 Å². The van der Waals surface area contributed by atoms with Crippen LogP contribution in [0.15, 0.2) is 39.5 Å². The summed E-state index contributed by atoms with van der Waals surface area (Å²) in [6.07, 6.45) is 0.520. The number of carbonyl (C=O) groups excluding carboxylic acids is 1. The average molecular weight is 417 g/mol. The van der Waals surface area contributed by atoms with Crippen molar-refractivity contribution in [1.29, 1.82) is 0 Å². The molecular formula is C21H27N3O6. The largest absolute Gasteiger partial charge is 0.444 e. The Balaban J connectivity index is 1.65. The summed E-state index contributed by atoms with van der Waals surface area (Å²) >= 11 is 0. The lowest BCUT2D eigenvalue weighted by atomic mass is 10.1. The number of aromatic nitrogens is 2. The van der Waals surface area contributed by atoms with Gasteiger partial charge in [0, 0.05) is 13.2 Å². The summed E-state index contributed by atoms with van der Waals surface area (Å²) in [5, 5.41) is 4.36. The van der Waals surface area contributed by atoms with Crippen molar-refractivity contribution in [1.82, 2.24) is 14.7 Å². The number of carbonyl (C=O) groups is 1. The monoisotopic (exact) mass is 417 g/mol. The highest BCUT2D eigenvalue weighted by Crippen LogP contribution is 2.51. The van der Waals surface area contributed by atoms with E-state index in [4.69, 9.17) is 18.6 Å². The molecule has 0 bridgehead atoms. The lowest BCUT2D eigenvalue weighted by Gasteiger charge is -2.33. The molecule has 30 heavy (non-hydrogen) atoms. The zero-order valence-corrected chi connectivity index (χ0v) is 17.6. The van der Waals surface area contributed by atoms with E-state index < -0.39 is 23.6 Å². The van der Waals surface area contributed by atoms with Crippen LogP contribution in [-0.4, -0.2) is 52.4 Å². The van der Waals surface area contributed by atoms with Crippen LogP contribution >= 0.6 is 0 Å². The number of piperidine rings is 1. The third-order valence-corrected chi connectivity index (χ3v) is 5.27. The third-order valence-electron chi connectivity index (χ3n) is 5.27. The Labute approximate surface area is 174 Å². The molecule has 2 fully saturated rings. The van der Waals surface area contributed by atoms with Gasteiger partial charge in [0.25, 0.3) is 0 Å². The minimum Gasteiger partial charge on any atom is -0.444 e. The first kappa shape index (κ1) is 20.6. The molecule has 1 aliphatic carbocycles. The maximum absolute atomic E-state index is 12.9. The summed E-state index contributed by atoms with van der Waals surface area (Å²) in [4.78, 5) is 27.1. The van der Waals surface area contributed by atoms with Crippen molar-refractivity contribution in [3.8, 4) is 5.69 Å². The van der Waals surface area contributed by atoms with E-state index in [1.807, 2.05) is 39.0 Å². The van der Waals surface area contributed by atoms with Gasteiger partial charge in [-0.05, 0) is 51.7 Å². The van der Waals surface area contributed by atoms with E-state index in [-0.39, 0.29) is 24.8 Å². The van der Waals surface area contributed by atoms with Crippen LogP contribution in [0.25, 0.3) is 5.69 Å². The quantitative estimate of drug-likeness (QED) is 0.667. The molecule has 1 aromatic heterocycles. The fourth-order valence-electron chi connectivity index (χ4n) is 3.98. The van der Waals surface area contributed by atoms with Crippen LogP contribution in [0.1, 0.15) is 45.6 Å². The van der Waals surface area contributed by atoms with Crippen LogP contribution in [0.4, 0.5) is 4.79 Å². The summed E-state index contributed by atoms with van der Waals surface area (Å²) in [7, 11) is 1.51. The number of nitrogens with zero attached hydrogens (tertiary/aromatic N) is 3. The highest BCUT2D eigenvalue weighted by atomic mass is 16.7. The van der Waals surface area contributed by atoms with E-state index in [2.05, 4.69) is 5.10 Å². The zero-order valence-electron chi connectivity index (χ0n) is 17.6. The summed E-state index contributed by atoms with van der Waals surface area (Å²) in [6.45, 7) is 5.47. The standard InChI is InChI=1S/C21H27N3O6/c1-21(2,3)30-19(25)23-15-10-13(15)11-16(23)17(28-12-27-4)18-22-24(20(26)29-18)14-8-6-5-7-9-14/h5-9,13,15-17H,10-12H2,1-4H3/t13-,15-,16-,17?/m0/s1. The molecule has 4 atom stereocenters. The first-order chi connectivity index (χ1) is 14.3. The summed E-state index contributed by atoms with van der Waals surface area (Å²) in [6, 6.07) is 8.74. The number of hydrogen-bond acceptors (Lipinski definition) is 7. The number of fused-ring (bicyclic) bond motifs is 1. The Morgan fingerprint density at radius 1 is 1.27 bits per heavy atom. The fourth-order valence-corrected chi connectivity index (χ4v) is 3.98. The highest BCUT2D eigenvalue weighted by Gasteiger charge is 2.58. The lowest BCUT2D eigenvalue weighted by Crippen LogP contribution is -2.45. The first-order valence-corrected chi connectivity index (χ1v) is 10.1. The minimum atomic E-state index is -0.747. The smallest absolute Gasteiger partial charge is 0.442 e. The summed E-state index contributed by atoms with van der Waals surface area (Å²) in [5.74, 6) is -0.117. The minimum absolute atomic E-state index is 0.0272. The molecule has 4 rings (SSSR count). The third kappa shape index (κ3) is 4.13. The van der Waals surface area contributed by atoms with Gasteiger partial charge in [-0.1, -0.05) is 18.2 Å². The van der Waals surface area contributed by atoms with Crippen LogP contribution in [0.2, 0.25) is 0 Å². The topological polar surface area (TPSA) is 96.0 Å². The van der Waals surface area contributed by atoms with Gasteiger partial charge in [-0.15, -0.1) is 5.10 Å². The van der Waals surface area contributed by atoms with Gasteiger partial charge in [0.15, 0.2) is 6.10 Å². The predicted octanol–water partition coefficient (Wildman–Crippen LogP) is 2.89. The summed E-state index contributed by atoms with van der Waals surface area (Å²) < 4.78 is 23.2. The molecule has 1 amide bonds. The van der Waals surface area contributed by atoms with Crippen molar-refractivity contribution >= 4 is 6.09 Å². The maximum atomic E-state index is 12.9. The summed E-state index contributed by atoms with van der Waals surface area (Å²) in [5.41, 5.74) is -0.0277. The van der Waals surface area contributed by atoms with E-state index in [1.54, 1.807) is 17.0 Å². The molecule has 0 N–H and O–H groups in total. The molecule has 2 aromatic rings. The molecule has 9 heteroatoms. The molecule has 0 spiro atoms. The number of amides is 1. The van der Waals surface area contributed by atoms with E-state index in [0.717, 1.165) is 12.8 Å². The number of ether oxygens (including phenoxy) is 3. The van der Waals surface area contributed by atoms with Crippen molar-refractivity contribution in [2.45, 2.75) is 57.4 Å². The van der Waals surface area contributed by atoms with Crippen molar-refractivity contribution in [3.63, 3.8) is 0 Å². The molecule has 1 aliphatic heterocycles. The second-order valence-corrected chi connectivity index (χ2v) is 8.70. The SMILES string of the molecule is COCOC(c1nn(-c2ccccc2)c(=O)o1)[C@@H]1C[C@@H]2C[C@@H]2N1C(=O)OC(C)(C)C. The van der Waals surface area contributed by atoms with Crippen molar-refractivity contribution in [2.75, 3.05) is 13.9 Å². The van der Waals surface area contributed by atoms with Gasteiger partial charge in [-0.2, -0.15) is 4.68 Å². The molecule has 9 nitrogen and oxygen atoms in total. The van der Waals surface area contributed by atoms with Crippen LogP contribution in [0.3, 0.4) is 0 Å². The van der Waals surface area contributed by atoms with E-state index in [9.17, 15) is 9.59 Å².